The third-order valence-electron chi connectivity index (χ3n) is 2.63. The molecule has 20 heavy (non-hydrogen) atoms. The van der Waals surface area contributed by atoms with Crippen LogP contribution in [0.2, 0.25) is 0 Å². The molecule has 0 aliphatic heterocycles. The molecule has 0 aromatic heterocycles. The van der Waals surface area contributed by atoms with Crippen LogP contribution in [0.5, 0.6) is 0 Å². The lowest BCUT2D eigenvalue weighted by atomic mass is 10.1. The van der Waals surface area contributed by atoms with Crippen molar-refractivity contribution in [3.05, 3.63) is 71.3 Å². The molecule has 0 saturated carbocycles. The molecular weight excluding hydrogens is 264 g/mol. The number of halogens is 2. The van der Waals surface area contributed by atoms with Crippen LogP contribution in [-0.2, 0) is 22.7 Å². The van der Waals surface area contributed by atoms with Gasteiger partial charge in [-0.05, 0) is 17.2 Å². The summed E-state index contributed by atoms with van der Waals surface area (Å²) in [6.07, 6.45) is -0.207. The van der Waals surface area contributed by atoms with Crippen molar-refractivity contribution < 1.29 is 18.4 Å². The first kappa shape index (κ1) is 14.1. The van der Waals surface area contributed by atoms with Crippen molar-refractivity contribution in [1.82, 2.24) is 5.48 Å². The third-order valence-corrected chi connectivity index (χ3v) is 2.63. The predicted molar refractivity (Wildman–Crippen MR) is 69.4 cm³/mol. The fourth-order valence-corrected chi connectivity index (χ4v) is 1.65. The topological polar surface area (TPSA) is 38.3 Å². The van der Waals surface area contributed by atoms with E-state index in [-0.39, 0.29) is 18.6 Å². The average Bonchev–Trinajstić information content (AvgIpc) is 2.43. The number of hydrogen-bond donors (Lipinski definition) is 1. The van der Waals surface area contributed by atoms with Crippen LogP contribution in [0.25, 0.3) is 0 Å². The Bertz CT molecular complexity index is 588. The minimum atomic E-state index is -0.747. The highest BCUT2D eigenvalue weighted by Crippen LogP contribution is 2.10. The second kappa shape index (κ2) is 6.77. The Labute approximate surface area is 115 Å². The van der Waals surface area contributed by atoms with E-state index in [9.17, 15) is 13.6 Å². The largest absolute Gasteiger partial charge is 0.272 e. The minimum Gasteiger partial charge on any atom is -0.272 e. The number of nitrogens with one attached hydrogen (secondary N) is 1. The highest BCUT2D eigenvalue weighted by molar-refractivity contribution is 5.77. The summed E-state index contributed by atoms with van der Waals surface area (Å²) in [6.45, 7) is 0.221. The molecule has 0 radical (unpaired) electrons. The zero-order valence-electron chi connectivity index (χ0n) is 10.6. The first-order valence-electron chi connectivity index (χ1n) is 6.03. The molecule has 0 unspecified atom stereocenters. The number of benzene rings is 2. The maximum Gasteiger partial charge on any atom is 0.248 e. The van der Waals surface area contributed by atoms with Gasteiger partial charge in [0.05, 0.1) is 13.0 Å². The summed E-state index contributed by atoms with van der Waals surface area (Å²) >= 11 is 0. The quantitative estimate of drug-likeness (QED) is 0.853. The molecule has 2 aromatic rings. The van der Waals surface area contributed by atoms with Gasteiger partial charge in [0, 0.05) is 6.07 Å². The van der Waals surface area contributed by atoms with Gasteiger partial charge >= 0.3 is 0 Å². The summed E-state index contributed by atoms with van der Waals surface area (Å²) < 4.78 is 26.0. The van der Waals surface area contributed by atoms with Crippen LogP contribution in [0.3, 0.4) is 0 Å². The molecule has 1 amide bonds. The van der Waals surface area contributed by atoms with Gasteiger partial charge in [0.2, 0.25) is 5.91 Å². The summed E-state index contributed by atoms with van der Waals surface area (Å²) in [4.78, 5) is 16.6. The van der Waals surface area contributed by atoms with Gasteiger partial charge in [0.1, 0.15) is 11.6 Å². The maximum atomic E-state index is 13.3. The van der Waals surface area contributed by atoms with Crippen molar-refractivity contribution in [3.8, 4) is 0 Å². The molecule has 0 fully saturated rings. The normalized spacial score (nSPS) is 10.3. The van der Waals surface area contributed by atoms with E-state index in [2.05, 4.69) is 5.48 Å². The molecule has 0 heterocycles. The van der Waals surface area contributed by atoms with E-state index >= 15 is 0 Å². The molecule has 1 N–H and O–H groups in total. The molecule has 5 heteroatoms. The Hall–Kier alpha value is -2.27. The van der Waals surface area contributed by atoms with Crippen molar-refractivity contribution in [3.63, 3.8) is 0 Å². The van der Waals surface area contributed by atoms with Gasteiger partial charge in [0.15, 0.2) is 0 Å². The number of carbonyl (C=O) groups is 1. The zero-order valence-corrected chi connectivity index (χ0v) is 10.6. The smallest absolute Gasteiger partial charge is 0.248 e. The Kier molecular flexibility index (Phi) is 4.79. The molecule has 0 aliphatic carbocycles. The summed E-state index contributed by atoms with van der Waals surface area (Å²) in [5.74, 6) is -1.92. The fraction of sp³-hybridized carbons (Fsp3) is 0.133. The van der Waals surface area contributed by atoms with E-state index in [0.717, 1.165) is 17.7 Å². The van der Waals surface area contributed by atoms with E-state index in [0.29, 0.717) is 0 Å². The van der Waals surface area contributed by atoms with Gasteiger partial charge < -0.3 is 0 Å². The first-order chi connectivity index (χ1) is 9.65. The first-order valence-corrected chi connectivity index (χ1v) is 6.03. The number of amides is 1. The molecule has 0 spiro atoms. The lowest BCUT2D eigenvalue weighted by Gasteiger charge is -2.06. The number of hydrogen-bond acceptors (Lipinski definition) is 2. The molecule has 0 bridgehead atoms. The summed E-state index contributed by atoms with van der Waals surface area (Å²) in [5.41, 5.74) is 3.24. The molecule has 0 saturated heterocycles. The van der Waals surface area contributed by atoms with E-state index < -0.39 is 17.5 Å². The molecule has 0 atom stereocenters. The lowest BCUT2D eigenvalue weighted by molar-refractivity contribution is -0.133. The predicted octanol–water partition coefficient (Wildman–Crippen LogP) is 2.76. The van der Waals surface area contributed by atoms with Crippen LogP contribution in [0.15, 0.2) is 48.5 Å². The number of hydroxylamine groups is 1. The summed E-state index contributed by atoms with van der Waals surface area (Å²) in [5, 5.41) is 0. The van der Waals surface area contributed by atoms with Crippen molar-refractivity contribution in [2.45, 2.75) is 13.0 Å². The summed E-state index contributed by atoms with van der Waals surface area (Å²) in [7, 11) is 0. The maximum absolute atomic E-state index is 13.3. The van der Waals surface area contributed by atoms with Crippen LogP contribution < -0.4 is 5.48 Å². The van der Waals surface area contributed by atoms with E-state index in [1.54, 1.807) is 0 Å². The van der Waals surface area contributed by atoms with E-state index in [1.807, 2.05) is 30.3 Å². The highest BCUT2D eigenvalue weighted by Gasteiger charge is 2.09. The fourth-order valence-electron chi connectivity index (χ4n) is 1.65. The van der Waals surface area contributed by atoms with Crippen LogP contribution in [0, 0.1) is 11.6 Å². The molecular formula is C15H13F2NO2. The van der Waals surface area contributed by atoms with Gasteiger partial charge in [0.25, 0.3) is 0 Å². The van der Waals surface area contributed by atoms with Crippen LogP contribution >= 0.6 is 0 Å². The number of rotatable bonds is 5. The van der Waals surface area contributed by atoms with Crippen LogP contribution in [-0.4, -0.2) is 5.91 Å². The van der Waals surface area contributed by atoms with Crippen molar-refractivity contribution in [1.29, 1.82) is 0 Å². The average molecular weight is 277 g/mol. The SMILES string of the molecule is O=C(Cc1ccc(F)cc1F)NOCc1ccccc1. The second-order valence-corrected chi connectivity index (χ2v) is 4.21. The standard InChI is InChI=1S/C15H13F2NO2/c16-13-7-6-12(14(17)9-13)8-15(19)18-20-10-11-4-2-1-3-5-11/h1-7,9H,8,10H2,(H,18,19). The number of carbonyl (C=O) groups excluding carboxylic acids is 1. The van der Waals surface area contributed by atoms with E-state index in [1.165, 1.54) is 6.07 Å². The van der Waals surface area contributed by atoms with Crippen LogP contribution in [0.4, 0.5) is 8.78 Å². The van der Waals surface area contributed by atoms with Gasteiger partial charge in [-0.3, -0.25) is 9.63 Å². The van der Waals surface area contributed by atoms with Crippen molar-refractivity contribution >= 4 is 5.91 Å². The van der Waals surface area contributed by atoms with Crippen molar-refractivity contribution in [2.75, 3.05) is 0 Å². The molecule has 2 aromatic carbocycles. The Morgan fingerprint density at radius 3 is 2.55 bits per heavy atom. The minimum absolute atomic E-state index is 0.118. The lowest BCUT2D eigenvalue weighted by Crippen LogP contribution is -2.25. The Morgan fingerprint density at radius 2 is 1.85 bits per heavy atom. The van der Waals surface area contributed by atoms with Crippen molar-refractivity contribution in [2.24, 2.45) is 0 Å². The third kappa shape index (κ3) is 4.13. The van der Waals surface area contributed by atoms with Crippen LogP contribution in [0.1, 0.15) is 11.1 Å². The summed E-state index contributed by atoms with van der Waals surface area (Å²) in [6, 6.07) is 12.4. The molecule has 104 valence electrons. The van der Waals surface area contributed by atoms with Gasteiger partial charge in [-0.1, -0.05) is 36.4 Å². The second-order valence-electron chi connectivity index (χ2n) is 4.21. The Balaban J connectivity index is 1.81. The molecule has 0 aliphatic rings. The molecule has 3 nitrogen and oxygen atoms in total. The zero-order chi connectivity index (χ0) is 14.4. The van der Waals surface area contributed by atoms with Gasteiger partial charge in [-0.25, -0.2) is 14.3 Å². The van der Waals surface area contributed by atoms with E-state index in [4.69, 9.17) is 4.84 Å². The monoisotopic (exact) mass is 277 g/mol. The van der Waals surface area contributed by atoms with Gasteiger partial charge in [-0.2, -0.15) is 0 Å². The Morgan fingerprint density at radius 1 is 1.10 bits per heavy atom. The highest BCUT2D eigenvalue weighted by atomic mass is 19.1. The molecule has 2 rings (SSSR count). The van der Waals surface area contributed by atoms with Gasteiger partial charge in [-0.15, -0.1) is 0 Å².